The van der Waals surface area contributed by atoms with Crippen LogP contribution in [-0.4, -0.2) is 20.4 Å². The van der Waals surface area contributed by atoms with E-state index in [9.17, 15) is 10.1 Å². The molecule has 4 rings (SSSR count). The average Bonchev–Trinajstić information content (AvgIpc) is 3.02. The Hall–Kier alpha value is -3.32. The van der Waals surface area contributed by atoms with Gasteiger partial charge in [0.05, 0.1) is 16.2 Å². The van der Waals surface area contributed by atoms with E-state index >= 15 is 0 Å². The van der Waals surface area contributed by atoms with Gasteiger partial charge in [-0.15, -0.1) is 0 Å². The Labute approximate surface area is 169 Å². The van der Waals surface area contributed by atoms with E-state index in [1.807, 2.05) is 60.7 Å². The molecule has 0 aliphatic rings. The Balaban J connectivity index is 2.02. The van der Waals surface area contributed by atoms with E-state index in [2.05, 4.69) is 21.0 Å². The maximum absolute atomic E-state index is 11.7. The van der Waals surface area contributed by atoms with Crippen molar-refractivity contribution < 1.29 is 4.92 Å². The van der Waals surface area contributed by atoms with Gasteiger partial charge in [0.1, 0.15) is 5.39 Å². The van der Waals surface area contributed by atoms with Gasteiger partial charge in [-0.05, 0) is 6.07 Å². The van der Waals surface area contributed by atoms with Crippen LogP contribution in [0.15, 0.2) is 82.3 Å². The summed E-state index contributed by atoms with van der Waals surface area (Å²) in [6.45, 7) is 0. The molecule has 3 aromatic carbocycles. The summed E-state index contributed by atoms with van der Waals surface area (Å²) in [6.07, 6.45) is 0. The molecule has 0 bridgehead atoms. The first kappa shape index (κ1) is 18.1. The van der Waals surface area contributed by atoms with Crippen LogP contribution in [0.3, 0.4) is 0 Å². The fourth-order valence-corrected chi connectivity index (χ4v) is 3.56. The molecule has 0 amide bonds. The molecular weight excluding hydrogens is 420 g/mol. The number of hydrogen-bond donors (Lipinski definition) is 0. The van der Waals surface area contributed by atoms with Crippen LogP contribution in [0.25, 0.3) is 10.9 Å². The van der Waals surface area contributed by atoms with Crippen LogP contribution in [0.1, 0.15) is 11.1 Å². The average molecular weight is 435 g/mol. The van der Waals surface area contributed by atoms with Crippen molar-refractivity contribution in [2.75, 3.05) is 0 Å². The van der Waals surface area contributed by atoms with Gasteiger partial charge in [0.15, 0.2) is 5.82 Å². The number of aryl methyl sites for hydroxylation is 1. The first-order valence-electron chi connectivity index (χ1n) is 8.55. The number of nitro groups is 1. The third-order valence-electron chi connectivity index (χ3n) is 4.39. The third-order valence-corrected chi connectivity index (χ3v) is 4.85. The fraction of sp³-hybridized carbons (Fsp3) is 0.0476. The molecule has 0 saturated heterocycles. The topological polar surface area (TPSA) is 73.3 Å². The van der Waals surface area contributed by atoms with Crippen molar-refractivity contribution in [2.45, 2.75) is 0 Å². The summed E-state index contributed by atoms with van der Waals surface area (Å²) in [5.74, 6) is 0.319. The van der Waals surface area contributed by atoms with E-state index in [0.717, 1.165) is 11.1 Å². The summed E-state index contributed by atoms with van der Waals surface area (Å²) in [6, 6.07) is 22.7. The van der Waals surface area contributed by atoms with E-state index in [0.29, 0.717) is 26.9 Å². The Bertz CT molecular complexity index is 1160. The number of nitrogens with zero attached hydrogens (tertiary/aromatic N) is 4. The van der Waals surface area contributed by atoms with Gasteiger partial charge in [-0.2, -0.15) is 5.10 Å². The zero-order chi connectivity index (χ0) is 19.7. The SMILES string of the molecule is Cn1nc(N=C(c2ccccc2)c2ccccc2)c2c([N+](=O)[O-])cc(Br)cc21. The largest absolute Gasteiger partial charge is 0.283 e. The normalized spacial score (nSPS) is 10.8. The Morgan fingerprint density at radius 2 is 1.61 bits per heavy atom. The lowest BCUT2D eigenvalue weighted by Crippen LogP contribution is -2.02. The number of fused-ring (bicyclic) bond motifs is 1. The Morgan fingerprint density at radius 3 is 2.14 bits per heavy atom. The van der Waals surface area contributed by atoms with Gasteiger partial charge < -0.3 is 0 Å². The maximum Gasteiger partial charge on any atom is 0.283 e. The molecule has 0 spiro atoms. The lowest BCUT2D eigenvalue weighted by molar-refractivity contribution is -0.383. The summed E-state index contributed by atoms with van der Waals surface area (Å²) < 4.78 is 2.23. The number of hydrogen-bond acceptors (Lipinski definition) is 4. The Kier molecular flexibility index (Phi) is 4.75. The second-order valence-electron chi connectivity index (χ2n) is 6.22. The number of halogens is 1. The predicted octanol–water partition coefficient (Wildman–Crippen LogP) is 5.41. The minimum absolute atomic E-state index is 0.0308. The molecule has 1 aromatic heterocycles. The molecule has 0 radical (unpaired) electrons. The molecule has 0 aliphatic carbocycles. The lowest BCUT2D eigenvalue weighted by Gasteiger charge is -2.06. The molecular formula is C21H15BrN4O2. The monoisotopic (exact) mass is 434 g/mol. The van der Waals surface area contributed by atoms with Crippen molar-refractivity contribution in [1.82, 2.24) is 9.78 Å². The van der Waals surface area contributed by atoms with E-state index < -0.39 is 4.92 Å². The van der Waals surface area contributed by atoms with E-state index in [4.69, 9.17) is 4.99 Å². The summed E-state index contributed by atoms with van der Waals surface area (Å²) in [7, 11) is 1.75. The second-order valence-corrected chi connectivity index (χ2v) is 7.13. The third kappa shape index (κ3) is 3.32. The van der Waals surface area contributed by atoms with Crippen molar-refractivity contribution >= 4 is 44.0 Å². The van der Waals surface area contributed by atoms with Crippen molar-refractivity contribution in [3.8, 4) is 0 Å². The van der Waals surface area contributed by atoms with Gasteiger partial charge >= 0.3 is 0 Å². The molecule has 6 nitrogen and oxygen atoms in total. The highest BCUT2D eigenvalue weighted by Crippen LogP contribution is 2.36. The number of rotatable bonds is 4. The zero-order valence-electron chi connectivity index (χ0n) is 14.9. The van der Waals surface area contributed by atoms with Crippen molar-refractivity contribution in [3.05, 3.63) is 98.5 Å². The Morgan fingerprint density at radius 1 is 1.04 bits per heavy atom. The first-order valence-corrected chi connectivity index (χ1v) is 9.34. The predicted molar refractivity (Wildman–Crippen MR) is 113 cm³/mol. The smallest absolute Gasteiger partial charge is 0.265 e. The maximum atomic E-state index is 11.7. The molecule has 0 unspecified atom stereocenters. The molecule has 0 fully saturated rings. The number of aromatic nitrogens is 2. The summed E-state index contributed by atoms with van der Waals surface area (Å²) in [4.78, 5) is 16.0. The van der Waals surface area contributed by atoms with Crippen LogP contribution in [0.4, 0.5) is 11.5 Å². The highest BCUT2D eigenvalue weighted by Gasteiger charge is 2.22. The molecule has 7 heteroatoms. The number of benzene rings is 3. The summed E-state index contributed by atoms with van der Waals surface area (Å²) in [5.41, 5.74) is 3.13. The highest BCUT2D eigenvalue weighted by molar-refractivity contribution is 9.10. The number of aliphatic imine (C=N–C) groups is 1. The fourth-order valence-electron chi connectivity index (χ4n) is 3.12. The van der Waals surface area contributed by atoms with Crippen LogP contribution in [0.5, 0.6) is 0 Å². The quantitative estimate of drug-likeness (QED) is 0.244. The summed E-state index contributed by atoms with van der Waals surface area (Å²) >= 11 is 3.34. The van der Waals surface area contributed by atoms with Crippen LogP contribution in [0, 0.1) is 10.1 Å². The lowest BCUT2D eigenvalue weighted by atomic mass is 10.0. The molecule has 0 aliphatic heterocycles. The van der Waals surface area contributed by atoms with Crippen LogP contribution < -0.4 is 0 Å². The van der Waals surface area contributed by atoms with Gasteiger partial charge in [-0.3, -0.25) is 14.8 Å². The molecule has 0 saturated carbocycles. The number of nitro benzene ring substituents is 1. The van der Waals surface area contributed by atoms with Gasteiger partial charge in [0, 0.05) is 28.7 Å². The molecule has 0 N–H and O–H groups in total. The highest BCUT2D eigenvalue weighted by atomic mass is 79.9. The van der Waals surface area contributed by atoms with Gasteiger partial charge in [0.2, 0.25) is 0 Å². The standard InChI is InChI=1S/C21H15BrN4O2/c1-25-17-12-16(22)13-18(26(27)28)19(17)21(24-25)23-20(14-8-4-2-5-9-14)15-10-6-3-7-11-15/h2-13H,1H3. The van der Waals surface area contributed by atoms with E-state index in [1.165, 1.54) is 6.07 Å². The zero-order valence-corrected chi connectivity index (χ0v) is 16.5. The molecule has 0 atom stereocenters. The second kappa shape index (κ2) is 7.36. The van der Waals surface area contributed by atoms with Gasteiger partial charge in [-0.25, -0.2) is 4.99 Å². The minimum atomic E-state index is -0.404. The van der Waals surface area contributed by atoms with Crippen LogP contribution in [0.2, 0.25) is 0 Å². The van der Waals surface area contributed by atoms with Crippen LogP contribution in [-0.2, 0) is 7.05 Å². The molecule has 28 heavy (non-hydrogen) atoms. The number of non-ortho nitro benzene ring substituents is 1. The van der Waals surface area contributed by atoms with Crippen molar-refractivity contribution in [3.63, 3.8) is 0 Å². The van der Waals surface area contributed by atoms with Gasteiger partial charge in [-0.1, -0.05) is 76.6 Å². The molecule has 1 heterocycles. The minimum Gasteiger partial charge on any atom is -0.265 e. The molecule has 4 aromatic rings. The summed E-state index contributed by atoms with van der Waals surface area (Å²) in [5, 5.41) is 16.5. The van der Waals surface area contributed by atoms with E-state index in [-0.39, 0.29) is 5.69 Å². The first-order chi connectivity index (χ1) is 13.5. The molecule has 138 valence electrons. The van der Waals surface area contributed by atoms with Crippen molar-refractivity contribution in [2.24, 2.45) is 12.0 Å². The van der Waals surface area contributed by atoms with Gasteiger partial charge in [0.25, 0.3) is 5.69 Å². The van der Waals surface area contributed by atoms with Crippen LogP contribution >= 0.6 is 15.9 Å². The van der Waals surface area contributed by atoms with E-state index in [1.54, 1.807) is 17.8 Å². The van der Waals surface area contributed by atoms with Crippen molar-refractivity contribution in [1.29, 1.82) is 0 Å².